The zero-order valence-corrected chi connectivity index (χ0v) is 15.3. The van der Waals surface area contributed by atoms with Gasteiger partial charge in [-0.15, -0.1) is 0 Å². The molecule has 7 nitrogen and oxygen atoms in total. The van der Waals surface area contributed by atoms with E-state index in [1.807, 2.05) is 45.8 Å². The van der Waals surface area contributed by atoms with Gasteiger partial charge in [-0.2, -0.15) is 4.98 Å². The second kappa shape index (κ2) is 6.60. The Hall–Kier alpha value is -3.48. The van der Waals surface area contributed by atoms with Crippen LogP contribution in [0.25, 0.3) is 27.9 Å². The molecular weight excluding hydrogens is 354 g/mol. The van der Waals surface area contributed by atoms with Gasteiger partial charge in [0.2, 0.25) is 0 Å². The van der Waals surface area contributed by atoms with E-state index in [4.69, 9.17) is 4.42 Å². The lowest BCUT2D eigenvalue weighted by Gasteiger charge is -2.26. The molecule has 3 aromatic heterocycles. The van der Waals surface area contributed by atoms with Crippen LogP contribution < -0.4 is 0 Å². The molecule has 4 heterocycles. The molecule has 0 atom stereocenters. The average Bonchev–Trinajstić information content (AvgIpc) is 3.36. The molecule has 0 N–H and O–H groups in total. The van der Waals surface area contributed by atoms with Gasteiger partial charge in [0.15, 0.2) is 5.58 Å². The van der Waals surface area contributed by atoms with Crippen LogP contribution in [0.2, 0.25) is 0 Å². The third-order valence-electron chi connectivity index (χ3n) is 5.21. The van der Waals surface area contributed by atoms with Crippen molar-refractivity contribution in [1.82, 2.24) is 19.3 Å². The van der Waals surface area contributed by atoms with Crippen LogP contribution in [0, 0.1) is 0 Å². The maximum Gasteiger partial charge on any atom is 0.322 e. The minimum atomic E-state index is 0.0398. The SMILES string of the molecule is C=Nc1nc2cc(-c3ccc4ncc(C(=O)N5CCCCC5)n4c3)ccc2o1. The van der Waals surface area contributed by atoms with Crippen molar-refractivity contribution in [1.29, 1.82) is 0 Å². The number of oxazole rings is 1. The van der Waals surface area contributed by atoms with Gasteiger partial charge in [-0.05, 0) is 61.4 Å². The molecule has 0 unspecified atom stereocenters. The molecule has 0 radical (unpaired) electrons. The highest BCUT2D eigenvalue weighted by molar-refractivity contribution is 5.93. The van der Waals surface area contributed by atoms with Crippen LogP contribution in [0.5, 0.6) is 0 Å². The lowest BCUT2D eigenvalue weighted by molar-refractivity contribution is 0.0717. The van der Waals surface area contributed by atoms with Crippen molar-refractivity contribution < 1.29 is 9.21 Å². The molecule has 0 aliphatic carbocycles. The summed E-state index contributed by atoms with van der Waals surface area (Å²) in [5.41, 5.74) is 4.68. The lowest BCUT2D eigenvalue weighted by Crippen LogP contribution is -2.36. The molecule has 1 saturated heterocycles. The highest BCUT2D eigenvalue weighted by Crippen LogP contribution is 2.27. The van der Waals surface area contributed by atoms with Crippen molar-refractivity contribution in [3.8, 4) is 11.1 Å². The molecule has 28 heavy (non-hydrogen) atoms. The summed E-state index contributed by atoms with van der Waals surface area (Å²) in [5, 5.41) is 0. The number of likely N-dealkylation sites (tertiary alicyclic amines) is 1. The molecule has 7 heteroatoms. The number of rotatable bonds is 3. The van der Waals surface area contributed by atoms with Gasteiger partial charge < -0.3 is 9.32 Å². The molecule has 0 saturated carbocycles. The number of benzene rings is 1. The van der Waals surface area contributed by atoms with E-state index in [0.717, 1.165) is 48.2 Å². The zero-order chi connectivity index (χ0) is 19.1. The van der Waals surface area contributed by atoms with Gasteiger partial charge in [-0.1, -0.05) is 6.07 Å². The molecule has 0 bridgehead atoms. The Morgan fingerprint density at radius 1 is 1.11 bits per heavy atom. The number of piperidine rings is 1. The molecular formula is C21H19N5O2. The third kappa shape index (κ3) is 2.76. The number of carbonyl (C=O) groups is 1. The van der Waals surface area contributed by atoms with E-state index >= 15 is 0 Å². The Kier molecular flexibility index (Phi) is 3.93. The number of fused-ring (bicyclic) bond motifs is 2. The highest BCUT2D eigenvalue weighted by Gasteiger charge is 2.21. The van der Waals surface area contributed by atoms with E-state index in [2.05, 4.69) is 21.7 Å². The largest absolute Gasteiger partial charge is 0.422 e. The maximum atomic E-state index is 13.0. The summed E-state index contributed by atoms with van der Waals surface area (Å²) in [5.74, 6) is 0.0398. The molecule has 1 fully saturated rings. The molecule has 1 aliphatic heterocycles. The fourth-order valence-electron chi connectivity index (χ4n) is 3.73. The Balaban J connectivity index is 1.55. The Bertz CT molecular complexity index is 1200. The lowest BCUT2D eigenvalue weighted by atomic mass is 10.1. The van der Waals surface area contributed by atoms with Gasteiger partial charge in [0.25, 0.3) is 5.91 Å². The number of aromatic nitrogens is 3. The highest BCUT2D eigenvalue weighted by atomic mass is 16.4. The van der Waals surface area contributed by atoms with Crippen LogP contribution in [-0.4, -0.2) is 45.0 Å². The number of hydrogen-bond donors (Lipinski definition) is 0. The van der Waals surface area contributed by atoms with Crippen LogP contribution >= 0.6 is 0 Å². The van der Waals surface area contributed by atoms with Crippen molar-refractivity contribution in [2.75, 3.05) is 13.1 Å². The summed E-state index contributed by atoms with van der Waals surface area (Å²) >= 11 is 0. The minimum absolute atomic E-state index is 0.0398. The first-order valence-electron chi connectivity index (χ1n) is 9.37. The minimum Gasteiger partial charge on any atom is -0.422 e. The quantitative estimate of drug-likeness (QED) is 0.507. The van der Waals surface area contributed by atoms with Crippen LogP contribution in [0.1, 0.15) is 29.8 Å². The fraction of sp³-hybridized carbons (Fsp3) is 0.238. The Morgan fingerprint density at radius 2 is 1.93 bits per heavy atom. The van der Waals surface area contributed by atoms with Crippen molar-refractivity contribution in [2.45, 2.75) is 19.3 Å². The van der Waals surface area contributed by atoms with Crippen molar-refractivity contribution in [2.24, 2.45) is 4.99 Å². The topological polar surface area (TPSA) is 76.0 Å². The number of carbonyl (C=O) groups excluding carboxylic acids is 1. The second-order valence-corrected chi connectivity index (χ2v) is 6.98. The first-order valence-corrected chi connectivity index (χ1v) is 9.37. The summed E-state index contributed by atoms with van der Waals surface area (Å²) in [6.45, 7) is 5.07. The number of hydrogen-bond acceptors (Lipinski definition) is 5. The molecule has 1 amide bonds. The smallest absolute Gasteiger partial charge is 0.322 e. The fourth-order valence-corrected chi connectivity index (χ4v) is 3.73. The maximum absolute atomic E-state index is 13.0. The molecule has 1 aromatic carbocycles. The van der Waals surface area contributed by atoms with Crippen LogP contribution in [0.4, 0.5) is 6.01 Å². The van der Waals surface area contributed by atoms with E-state index in [9.17, 15) is 4.79 Å². The molecule has 1 aliphatic rings. The van der Waals surface area contributed by atoms with E-state index in [0.29, 0.717) is 11.3 Å². The Labute approximate surface area is 161 Å². The number of imidazole rings is 1. The predicted molar refractivity (Wildman–Crippen MR) is 107 cm³/mol. The third-order valence-corrected chi connectivity index (χ3v) is 5.21. The van der Waals surface area contributed by atoms with Gasteiger partial charge in [0.1, 0.15) is 16.9 Å². The molecule has 4 aromatic rings. The van der Waals surface area contributed by atoms with Gasteiger partial charge in [-0.25, -0.2) is 9.98 Å². The van der Waals surface area contributed by atoms with E-state index in [1.54, 1.807) is 6.20 Å². The van der Waals surface area contributed by atoms with Crippen LogP contribution in [0.15, 0.2) is 52.1 Å². The summed E-state index contributed by atoms with van der Waals surface area (Å²) in [6.07, 6.45) is 6.93. The van der Waals surface area contributed by atoms with Gasteiger partial charge in [0.05, 0.1) is 6.20 Å². The zero-order valence-electron chi connectivity index (χ0n) is 15.3. The van der Waals surface area contributed by atoms with Crippen molar-refractivity contribution in [3.63, 3.8) is 0 Å². The summed E-state index contributed by atoms with van der Waals surface area (Å²) in [6, 6.07) is 9.94. The molecule has 140 valence electrons. The first-order chi connectivity index (χ1) is 13.7. The summed E-state index contributed by atoms with van der Waals surface area (Å²) in [4.78, 5) is 27.3. The average molecular weight is 373 g/mol. The number of amides is 1. The van der Waals surface area contributed by atoms with Crippen molar-refractivity contribution in [3.05, 3.63) is 48.4 Å². The van der Waals surface area contributed by atoms with Crippen LogP contribution in [-0.2, 0) is 0 Å². The number of nitrogens with zero attached hydrogens (tertiary/aromatic N) is 5. The summed E-state index contributed by atoms with van der Waals surface area (Å²) in [7, 11) is 0. The Morgan fingerprint density at radius 3 is 2.75 bits per heavy atom. The van der Waals surface area contributed by atoms with E-state index < -0.39 is 0 Å². The second-order valence-electron chi connectivity index (χ2n) is 6.98. The van der Waals surface area contributed by atoms with E-state index in [-0.39, 0.29) is 11.9 Å². The van der Waals surface area contributed by atoms with Crippen molar-refractivity contribution >= 4 is 35.4 Å². The normalized spacial score (nSPS) is 14.6. The van der Waals surface area contributed by atoms with E-state index in [1.165, 1.54) is 6.42 Å². The number of aliphatic imine (C=N–C) groups is 1. The monoisotopic (exact) mass is 373 g/mol. The predicted octanol–water partition coefficient (Wildman–Crippen LogP) is 4.10. The first kappa shape index (κ1) is 16.7. The molecule has 5 rings (SSSR count). The summed E-state index contributed by atoms with van der Waals surface area (Å²) < 4.78 is 7.35. The number of pyridine rings is 1. The standard InChI is InChI=1S/C21H19N5O2/c1-22-21-24-16-11-14(5-7-18(16)28-21)15-6-8-19-23-12-17(26(19)13-15)20(27)25-9-3-2-4-10-25/h5-8,11-13H,1-4,9-10H2. The molecule has 0 spiro atoms. The van der Waals surface area contributed by atoms with Gasteiger partial charge >= 0.3 is 6.01 Å². The van der Waals surface area contributed by atoms with Crippen LogP contribution in [0.3, 0.4) is 0 Å². The van der Waals surface area contributed by atoms with Gasteiger partial charge in [0, 0.05) is 19.3 Å². The van der Waals surface area contributed by atoms with Gasteiger partial charge in [-0.3, -0.25) is 9.20 Å².